The highest BCUT2D eigenvalue weighted by atomic mass is 16.5. The Balaban J connectivity index is 1.64. The minimum Gasteiger partial charge on any atom is -0.378 e. The van der Waals surface area contributed by atoms with Crippen LogP contribution in [0.5, 0.6) is 0 Å². The van der Waals surface area contributed by atoms with Gasteiger partial charge in [0.1, 0.15) is 0 Å². The van der Waals surface area contributed by atoms with Crippen LogP contribution in [0.1, 0.15) is 66.2 Å². The van der Waals surface area contributed by atoms with E-state index in [4.69, 9.17) is 14.2 Å². The summed E-state index contributed by atoms with van der Waals surface area (Å²) in [4.78, 5) is 0. The Hall–Kier alpha value is -0.120. The van der Waals surface area contributed by atoms with Gasteiger partial charge in [-0.15, -0.1) is 0 Å². The van der Waals surface area contributed by atoms with Crippen LogP contribution >= 0.6 is 0 Å². The van der Waals surface area contributed by atoms with Gasteiger partial charge in [0.25, 0.3) is 0 Å². The minimum absolute atomic E-state index is 0.123. The standard InChI is InChI=1S/C18H32O3/c1-17(2,13-7-5-11-19-13)15-9-10-16(21-15)18(3,4)14-8-6-12-20-14/h13-16H,5-12H2,1-4H3. The molecule has 4 unspecified atom stereocenters. The first-order valence-corrected chi connectivity index (χ1v) is 8.81. The van der Waals surface area contributed by atoms with Crippen LogP contribution in [0.25, 0.3) is 0 Å². The molecule has 3 heteroatoms. The summed E-state index contributed by atoms with van der Waals surface area (Å²) in [5.74, 6) is 0. The fourth-order valence-corrected chi connectivity index (χ4v) is 4.48. The quantitative estimate of drug-likeness (QED) is 0.786. The van der Waals surface area contributed by atoms with Gasteiger partial charge in [0, 0.05) is 24.0 Å². The number of hydrogen-bond acceptors (Lipinski definition) is 3. The highest BCUT2D eigenvalue weighted by molar-refractivity contribution is 4.98. The number of rotatable bonds is 4. The molecular weight excluding hydrogens is 264 g/mol. The van der Waals surface area contributed by atoms with Crippen LogP contribution in [-0.4, -0.2) is 37.6 Å². The van der Waals surface area contributed by atoms with Crippen molar-refractivity contribution in [3.05, 3.63) is 0 Å². The van der Waals surface area contributed by atoms with Gasteiger partial charge in [-0.1, -0.05) is 27.7 Å². The summed E-state index contributed by atoms with van der Waals surface area (Å²) >= 11 is 0. The van der Waals surface area contributed by atoms with Gasteiger partial charge in [0.05, 0.1) is 24.4 Å². The summed E-state index contributed by atoms with van der Waals surface area (Å²) in [5.41, 5.74) is 0.246. The molecule has 0 aliphatic carbocycles. The van der Waals surface area contributed by atoms with E-state index >= 15 is 0 Å². The molecule has 0 aromatic carbocycles. The molecule has 0 saturated carbocycles. The van der Waals surface area contributed by atoms with E-state index in [0.29, 0.717) is 24.4 Å². The average Bonchev–Trinajstić information content (AvgIpc) is 3.19. The largest absolute Gasteiger partial charge is 0.378 e. The normalized spacial score (nSPS) is 38.3. The van der Waals surface area contributed by atoms with Crippen molar-refractivity contribution in [2.75, 3.05) is 13.2 Å². The molecule has 3 saturated heterocycles. The molecule has 0 amide bonds. The zero-order valence-corrected chi connectivity index (χ0v) is 14.2. The Morgan fingerprint density at radius 3 is 1.38 bits per heavy atom. The maximum Gasteiger partial charge on any atom is 0.0655 e. The lowest BCUT2D eigenvalue weighted by Crippen LogP contribution is -2.44. The van der Waals surface area contributed by atoms with Crippen LogP contribution in [0.2, 0.25) is 0 Å². The molecule has 0 N–H and O–H groups in total. The van der Waals surface area contributed by atoms with Crippen LogP contribution < -0.4 is 0 Å². The lowest BCUT2D eigenvalue weighted by molar-refractivity contribution is -0.131. The smallest absolute Gasteiger partial charge is 0.0655 e. The second kappa shape index (κ2) is 5.82. The van der Waals surface area contributed by atoms with Crippen LogP contribution in [0.3, 0.4) is 0 Å². The van der Waals surface area contributed by atoms with Gasteiger partial charge in [-0.2, -0.15) is 0 Å². The van der Waals surface area contributed by atoms with Gasteiger partial charge in [0.2, 0.25) is 0 Å². The first-order valence-electron chi connectivity index (χ1n) is 8.81. The lowest BCUT2D eigenvalue weighted by Gasteiger charge is -2.40. The molecule has 122 valence electrons. The van der Waals surface area contributed by atoms with Crippen molar-refractivity contribution < 1.29 is 14.2 Å². The predicted octanol–water partition coefficient (Wildman–Crippen LogP) is 3.94. The molecule has 0 spiro atoms. The van der Waals surface area contributed by atoms with Crippen LogP contribution in [0.4, 0.5) is 0 Å². The molecule has 4 atom stereocenters. The third-order valence-electron chi connectivity index (χ3n) is 6.20. The molecule has 3 nitrogen and oxygen atoms in total. The van der Waals surface area contributed by atoms with Crippen LogP contribution in [0.15, 0.2) is 0 Å². The number of ether oxygens (including phenoxy) is 3. The van der Waals surface area contributed by atoms with E-state index in [9.17, 15) is 0 Å². The van der Waals surface area contributed by atoms with E-state index in [1.165, 1.54) is 25.7 Å². The van der Waals surface area contributed by atoms with E-state index < -0.39 is 0 Å². The third kappa shape index (κ3) is 2.89. The van der Waals surface area contributed by atoms with Crippen molar-refractivity contribution in [3.63, 3.8) is 0 Å². The van der Waals surface area contributed by atoms with Crippen molar-refractivity contribution in [2.45, 2.75) is 90.6 Å². The maximum absolute atomic E-state index is 6.56. The Labute approximate surface area is 129 Å². The third-order valence-corrected chi connectivity index (χ3v) is 6.20. The van der Waals surface area contributed by atoms with Crippen LogP contribution in [-0.2, 0) is 14.2 Å². The van der Waals surface area contributed by atoms with E-state index in [2.05, 4.69) is 27.7 Å². The molecule has 3 aliphatic rings. The summed E-state index contributed by atoms with van der Waals surface area (Å²) in [6.45, 7) is 11.2. The van der Waals surface area contributed by atoms with Crippen molar-refractivity contribution in [3.8, 4) is 0 Å². The fraction of sp³-hybridized carbons (Fsp3) is 1.00. The van der Waals surface area contributed by atoms with Crippen LogP contribution in [0, 0.1) is 10.8 Å². The summed E-state index contributed by atoms with van der Waals surface area (Å²) in [5, 5.41) is 0. The topological polar surface area (TPSA) is 27.7 Å². The van der Waals surface area contributed by atoms with E-state index in [-0.39, 0.29) is 10.8 Å². The first kappa shape index (κ1) is 15.8. The molecule has 3 heterocycles. The van der Waals surface area contributed by atoms with Crippen molar-refractivity contribution in [1.82, 2.24) is 0 Å². The minimum atomic E-state index is 0.123. The molecule has 3 aliphatic heterocycles. The molecule has 0 bridgehead atoms. The second-order valence-corrected chi connectivity index (χ2v) is 8.34. The molecule has 3 fully saturated rings. The van der Waals surface area contributed by atoms with Gasteiger partial charge >= 0.3 is 0 Å². The van der Waals surface area contributed by atoms with E-state index in [1.807, 2.05) is 0 Å². The summed E-state index contributed by atoms with van der Waals surface area (Å²) < 4.78 is 18.4. The van der Waals surface area contributed by atoms with Gasteiger partial charge in [-0.3, -0.25) is 0 Å². The van der Waals surface area contributed by atoms with Crippen molar-refractivity contribution in [1.29, 1.82) is 0 Å². The highest BCUT2D eigenvalue weighted by Crippen LogP contribution is 2.46. The summed E-state index contributed by atoms with van der Waals surface area (Å²) in [6, 6.07) is 0. The van der Waals surface area contributed by atoms with Crippen molar-refractivity contribution >= 4 is 0 Å². The lowest BCUT2D eigenvalue weighted by atomic mass is 9.77. The Kier molecular flexibility index (Phi) is 4.37. The number of hydrogen-bond donors (Lipinski definition) is 0. The maximum atomic E-state index is 6.56. The summed E-state index contributed by atoms with van der Waals surface area (Å²) in [6.07, 6.45) is 8.48. The average molecular weight is 296 g/mol. The van der Waals surface area contributed by atoms with Crippen molar-refractivity contribution in [2.24, 2.45) is 10.8 Å². The molecule has 0 aromatic heterocycles. The zero-order valence-electron chi connectivity index (χ0n) is 14.2. The summed E-state index contributed by atoms with van der Waals surface area (Å²) in [7, 11) is 0. The second-order valence-electron chi connectivity index (χ2n) is 8.34. The monoisotopic (exact) mass is 296 g/mol. The zero-order chi connectivity index (χ0) is 15.1. The van der Waals surface area contributed by atoms with Gasteiger partial charge in [-0.25, -0.2) is 0 Å². The molecule has 0 radical (unpaired) electrons. The first-order chi connectivity index (χ1) is 9.92. The van der Waals surface area contributed by atoms with E-state index in [1.54, 1.807) is 0 Å². The Morgan fingerprint density at radius 2 is 1.05 bits per heavy atom. The van der Waals surface area contributed by atoms with E-state index in [0.717, 1.165) is 26.1 Å². The van der Waals surface area contributed by atoms with Gasteiger partial charge in [-0.05, 0) is 38.5 Å². The Bertz CT molecular complexity index is 317. The Morgan fingerprint density at radius 1 is 0.619 bits per heavy atom. The fourth-order valence-electron chi connectivity index (χ4n) is 4.48. The molecule has 21 heavy (non-hydrogen) atoms. The molecule has 3 rings (SSSR count). The SMILES string of the molecule is CC(C)(C1CCCO1)C1CCC(C(C)(C)C2CCCO2)O1. The highest BCUT2D eigenvalue weighted by Gasteiger charge is 2.49. The predicted molar refractivity (Wildman–Crippen MR) is 83.4 cm³/mol. The molecular formula is C18H32O3. The molecule has 0 aromatic rings. The van der Waals surface area contributed by atoms with Gasteiger partial charge in [0.15, 0.2) is 0 Å². The van der Waals surface area contributed by atoms with Gasteiger partial charge < -0.3 is 14.2 Å².